The van der Waals surface area contributed by atoms with E-state index >= 15 is 0 Å². The van der Waals surface area contributed by atoms with E-state index in [1.807, 2.05) is 0 Å². The highest BCUT2D eigenvalue weighted by Crippen LogP contribution is 2.35. The van der Waals surface area contributed by atoms with Crippen molar-refractivity contribution in [1.29, 1.82) is 0 Å². The molecule has 2 aromatic rings. The maximum absolute atomic E-state index is 13.5. The molecule has 110 valence electrons. The highest BCUT2D eigenvalue weighted by molar-refractivity contribution is 6.33. The first-order valence-corrected chi connectivity index (χ1v) is 5.98. The molecule has 0 atom stereocenters. The molecule has 2 rings (SSSR count). The van der Waals surface area contributed by atoms with Crippen molar-refractivity contribution >= 4 is 17.6 Å². The van der Waals surface area contributed by atoms with Gasteiger partial charge >= 0.3 is 12.1 Å². The van der Waals surface area contributed by atoms with Crippen molar-refractivity contribution in [3.8, 4) is 11.1 Å². The molecule has 21 heavy (non-hydrogen) atoms. The van der Waals surface area contributed by atoms with E-state index in [1.54, 1.807) is 0 Å². The van der Waals surface area contributed by atoms with E-state index < -0.39 is 23.5 Å². The molecule has 0 saturated carbocycles. The van der Waals surface area contributed by atoms with Gasteiger partial charge in [-0.1, -0.05) is 17.7 Å². The lowest BCUT2D eigenvalue weighted by Gasteiger charge is -2.11. The predicted octanol–water partition coefficient (Wildman–Crippen LogP) is 4.86. The zero-order valence-electron chi connectivity index (χ0n) is 10.2. The minimum Gasteiger partial charge on any atom is -0.478 e. The third kappa shape index (κ3) is 3.16. The highest BCUT2D eigenvalue weighted by Gasteiger charge is 2.34. The number of carboxylic acid groups (broad SMARTS) is 1. The Morgan fingerprint density at radius 3 is 2.29 bits per heavy atom. The van der Waals surface area contributed by atoms with E-state index in [2.05, 4.69) is 0 Å². The Hall–Kier alpha value is -2.08. The molecular formula is C14H7ClF4O2. The van der Waals surface area contributed by atoms with E-state index in [4.69, 9.17) is 16.7 Å². The minimum atomic E-state index is -4.80. The Bertz CT molecular complexity index is 711. The van der Waals surface area contributed by atoms with E-state index in [0.717, 1.165) is 6.07 Å². The van der Waals surface area contributed by atoms with Gasteiger partial charge < -0.3 is 5.11 Å². The van der Waals surface area contributed by atoms with Gasteiger partial charge in [-0.25, -0.2) is 9.18 Å². The van der Waals surface area contributed by atoms with Gasteiger partial charge in [-0.15, -0.1) is 0 Å². The lowest BCUT2D eigenvalue weighted by atomic mass is 10.0. The van der Waals surface area contributed by atoms with E-state index in [9.17, 15) is 22.4 Å². The van der Waals surface area contributed by atoms with Crippen molar-refractivity contribution in [1.82, 2.24) is 0 Å². The standard InChI is InChI=1S/C14H7ClF4O2/c15-11-4-2-8(13(20)21)5-9(11)7-1-3-10(12(16)6-7)14(17,18)19/h1-6H,(H,20,21). The summed E-state index contributed by atoms with van der Waals surface area (Å²) in [5, 5.41) is 9.00. The maximum Gasteiger partial charge on any atom is 0.419 e. The van der Waals surface area contributed by atoms with Gasteiger partial charge in [-0.2, -0.15) is 13.2 Å². The summed E-state index contributed by atoms with van der Waals surface area (Å²) in [6.07, 6.45) is -4.80. The zero-order valence-corrected chi connectivity index (χ0v) is 11.0. The Morgan fingerprint density at radius 1 is 1.10 bits per heavy atom. The zero-order chi connectivity index (χ0) is 15.8. The van der Waals surface area contributed by atoms with Gasteiger partial charge in [-0.05, 0) is 35.9 Å². The van der Waals surface area contributed by atoms with Crippen LogP contribution in [0.15, 0.2) is 36.4 Å². The highest BCUT2D eigenvalue weighted by atomic mass is 35.5. The van der Waals surface area contributed by atoms with E-state index in [0.29, 0.717) is 12.1 Å². The molecule has 0 amide bonds. The van der Waals surface area contributed by atoms with Crippen molar-refractivity contribution in [2.75, 3.05) is 0 Å². The van der Waals surface area contributed by atoms with Crippen LogP contribution in [0.2, 0.25) is 5.02 Å². The molecule has 0 aliphatic heterocycles. The Balaban J connectivity index is 2.55. The van der Waals surface area contributed by atoms with Gasteiger partial charge in [0.1, 0.15) is 5.82 Å². The monoisotopic (exact) mass is 318 g/mol. The average molecular weight is 319 g/mol. The number of hydrogen-bond donors (Lipinski definition) is 1. The van der Waals surface area contributed by atoms with Crippen molar-refractivity contribution in [3.63, 3.8) is 0 Å². The number of aromatic carboxylic acids is 1. The molecule has 2 nitrogen and oxygen atoms in total. The molecule has 0 heterocycles. The SMILES string of the molecule is O=C(O)c1ccc(Cl)c(-c2ccc(C(F)(F)F)c(F)c2)c1. The number of hydrogen-bond acceptors (Lipinski definition) is 1. The lowest BCUT2D eigenvalue weighted by molar-refractivity contribution is -0.139. The summed E-state index contributed by atoms with van der Waals surface area (Å²) in [6.45, 7) is 0. The molecule has 0 saturated heterocycles. The summed E-state index contributed by atoms with van der Waals surface area (Å²) in [5.74, 6) is -2.67. The van der Waals surface area contributed by atoms with Crippen LogP contribution in [0.5, 0.6) is 0 Å². The molecular weight excluding hydrogens is 312 g/mol. The summed E-state index contributed by atoms with van der Waals surface area (Å²) >= 11 is 5.88. The molecule has 0 unspecified atom stereocenters. The van der Waals surface area contributed by atoms with Gasteiger partial charge in [0, 0.05) is 10.6 Å². The molecule has 7 heteroatoms. The second-order valence-electron chi connectivity index (χ2n) is 4.19. The maximum atomic E-state index is 13.5. The van der Waals surface area contributed by atoms with E-state index in [-0.39, 0.29) is 21.7 Å². The number of carbonyl (C=O) groups is 1. The van der Waals surface area contributed by atoms with Crippen LogP contribution in [0.3, 0.4) is 0 Å². The van der Waals surface area contributed by atoms with Crippen LogP contribution >= 0.6 is 11.6 Å². The number of benzene rings is 2. The molecule has 0 bridgehead atoms. The third-order valence-electron chi connectivity index (χ3n) is 2.80. The van der Waals surface area contributed by atoms with Crippen molar-refractivity contribution in [3.05, 3.63) is 58.4 Å². The first-order valence-electron chi connectivity index (χ1n) is 5.60. The van der Waals surface area contributed by atoms with Crippen LogP contribution < -0.4 is 0 Å². The first kappa shape index (κ1) is 15.3. The van der Waals surface area contributed by atoms with Crippen LogP contribution in [0.1, 0.15) is 15.9 Å². The number of carboxylic acids is 1. The summed E-state index contributed by atoms with van der Waals surface area (Å²) in [7, 11) is 0. The average Bonchev–Trinajstić information content (AvgIpc) is 2.37. The van der Waals surface area contributed by atoms with Crippen LogP contribution in [0.25, 0.3) is 11.1 Å². The van der Waals surface area contributed by atoms with Gasteiger partial charge in [0.2, 0.25) is 0 Å². The third-order valence-corrected chi connectivity index (χ3v) is 3.13. The number of halogens is 5. The Labute approximate surface area is 121 Å². The fourth-order valence-corrected chi connectivity index (χ4v) is 2.02. The minimum absolute atomic E-state index is 0.0635. The number of alkyl halides is 3. The number of rotatable bonds is 2. The lowest BCUT2D eigenvalue weighted by Crippen LogP contribution is -2.07. The second kappa shape index (κ2) is 5.37. The van der Waals surface area contributed by atoms with Crippen LogP contribution in [-0.2, 0) is 6.18 Å². The molecule has 0 radical (unpaired) electrons. The molecule has 1 N–H and O–H groups in total. The van der Waals surface area contributed by atoms with Gasteiger partial charge in [-0.3, -0.25) is 0 Å². The van der Waals surface area contributed by atoms with Gasteiger partial charge in [0.25, 0.3) is 0 Å². The Kier molecular flexibility index (Phi) is 3.91. The van der Waals surface area contributed by atoms with Crippen molar-refractivity contribution < 1.29 is 27.5 Å². The van der Waals surface area contributed by atoms with Crippen LogP contribution in [-0.4, -0.2) is 11.1 Å². The molecule has 0 aliphatic carbocycles. The topological polar surface area (TPSA) is 37.3 Å². The molecule has 0 fully saturated rings. The summed E-state index contributed by atoms with van der Waals surface area (Å²) in [6, 6.07) is 6.01. The molecule has 0 aromatic heterocycles. The fourth-order valence-electron chi connectivity index (χ4n) is 1.79. The fraction of sp³-hybridized carbons (Fsp3) is 0.0714. The summed E-state index contributed by atoms with van der Waals surface area (Å²) in [5.41, 5.74) is -1.29. The largest absolute Gasteiger partial charge is 0.478 e. The smallest absolute Gasteiger partial charge is 0.419 e. The summed E-state index contributed by atoms with van der Waals surface area (Å²) in [4.78, 5) is 10.9. The van der Waals surface area contributed by atoms with Gasteiger partial charge in [0.15, 0.2) is 0 Å². The van der Waals surface area contributed by atoms with Crippen molar-refractivity contribution in [2.24, 2.45) is 0 Å². The molecule has 0 spiro atoms. The van der Waals surface area contributed by atoms with Gasteiger partial charge in [0.05, 0.1) is 11.1 Å². The molecule has 2 aromatic carbocycles. The first-order chi connectivity index (χ1) is 9.70. The van der Waals surface area contributed by atoms with E-state index in [1.165, 1.54) is 18.2 Å². The summed E-state index contributed by atoms with van der Waals surface area (Å²) < 4.78 is 51.0. The molecule has 0 aliphatic rings. The second-order valence-corrected chi connectivity index (χ2v) is 4.60. The Morgan fingerprint density at radius 2 is 1.76 bits per heavy atom. The van der Waals surface area contributed by atoms with Crippen LogP contribution in [0.4, 0.5) is 17.6 Å². The quantitative estimate of drug-likeness (QED) is 0.803. The van der Waals surface area contributed by atoms with Crippen LogP contribution in [0, 0.1) is 5.82 Å². The predicted molar refractivity (Wildman–Crippen MR) is 68.8 cm³/mol. The normalized spacial score (nSPS) is 11.5. The van der Waals surface area contributed by atoms with Crippen molar-refractivity contribution in [2.45, 2.75) is 6.18 Å².